The number of thioether (sulfide) groups is 1. The normalized spacial score (nSPS) is 17.9. The van der Waals surface area contributed by atoms with Gasteiger partial charge in [-0.3, -0.25) is 9.36 Å². The highest BCUT2D eigenvalue weighted by atomic mass is 35.5. The van der Waals surface area contributed by atoms with Gasteiger partial charge in [-0.1, -0.05) is 29.8 Å². The van der Waals surface area contributed by atoms with Crippen LogP contribution in [0.3, 0.4) is 0 Å². The maximum absolute atomic E-state index is 13.7. The lowest BCUT2D eigenvalue weighted by Crippen LogP contribution is -2.10. The number of nitrogens with zero attached hydrogens (tertiary/aromatic N) is 3. The van der Waals surface area contributed by atoms with E-state index in [9.17, 15) is 18.7 Å². The molecule has 2 heterocycles. The molecule has 0 bridgehead atoms. The van der Waals surface area contributed by atoms with E-state index in [1.807, 2.05) is 18.2 Å². The van der Waals surface area contributed by atoms with Crippen LogP contribution in [0.15, 0.2) is 42.5 Å². The van der Waals surface area contributed by atoms with Crippen molar-refractivity contribution in [3.8, 4) is 11.4 Å². The summed E-state index contributed by atoms with van der Waals surface area (Å²) in [6.07, 6.45) is -3.19. The first kappa shape index (κ1) is 20.6. The fourth-order valence-electron chi connectivity index (χ4n) is 3.57. The number of methoxy groups -OCH3 is 1. The molecule has 10 heteroatoms. The Hall–Kier alpha value is -2.65. The minimum absolute atomic E-state index is 0.165. The number of halogens is 3. The van der Waals surface area contributed by atoms with E-state index in [-0.39, 0.29) is 12.2 Å². The van der Waals surface area contributed by atoms with Crippen molar-refractivity contribution in [1.29, 1.82) is 0 Å². The summed E-state index contributed by atoms with van der Waals surface area (Å²) in [5.41, 5.74) is 1.86. The van der Waals surface area contributed by atoms with Crippen LogP contribution < -0.4 is 4.74 Å². The van der Waals surface area contributed by atoms with Crippen molar-refractivity contribution in [2.45, 2.75) is 23.3 Å². The van der Waals surface area contributed by atoms with Crippen molar-refractivity contribution in [3.63, 3.8) is 0 Å². The molecule has 0 amide bonds. The maximum atomic E-state index is 13.7. The zero-order chi connectivity index (χ0) is 21.4. The van der Waals surface area contributed by atoms with Crippen LogP contribution in [0.2, 0.25) is 5.02 Å². The molecule has 0 fully saturated rings. The lowest BCUT2D eigenvalue weighted by atomic mass is 10.0. The van der Waals surface area contributed by atoms with Crippen LogP contribution in [0.4, 0.5) is 8.78 Å². The Morgan fingerprint density at radius 1 is 1.27 bits per heavy atom. The Morgan fingerprint density at radius 2 is 2.03 bits per heavy atom. The summed E-state index contributed by atoms with van der Waals surface area (Å²) in [4.78, 5) is 11.6. The smallest absolute Gasteiger partial charge is 0.304 e. The monoisotopic (exact) mass is 451 g/mol. The summed E-state index contributed by atoms with van der Waals surface area (Å²) in [7, 11) is 1.54. The SMILES string of the molecule is COc1ccccc1[C@H]1S[C@H](CC(=O)O)c2nnc(C(F)F)n2-c2ccc(Cl)cc21. The summed E-state index contributed by atoms with van der Waals surface area (Å²) in [6, 6.07) is 12.2. The van der Waals surface area contributed by atoms with Gasteiger partial charge in [0, 0.05) is 10.6 Å². The second-order valence-corrected chi connectivity index (χ2v) is 8.35. The second-order valence-electron chi connectivity index (χ2n) is 6.60. The van der Waals surface area contributed by atoms with Gasteiger partial charge in [0.1, 0.15) is 5.75 Å². The van der Waals surface area contributed by atoms with E-state index in [1.165, 1.54) is 23.4 Å². The third-order valence-electron chi connectivity index (χ3n) is 4.79. The number of hydrogen-bond donors (Lipinski definition) is 1. The summed E-state index contributed by atoms with van der Waals surface area (Å²) in [5.74, 6) is -0.839. The number of para-hydroxylation sites is 1. The average Bonchev–Trinajstić information content (AvgIpc) is 3.11. The molecule has 30 heavy (non-hydrogen) atoms. The average molecular weight is 452 g/mol. The van der Waals surface area contributed by atoms with Gasteiger partial charge in [0.05, 0.1) is 29.7 Å². The molecule has 2 atom stereocenters. The van der Waals surface area contributed by atoms with E-state index < -0.39 is 28.7 Å². The molecule has 0 saturated carbocycles. The Morgan fingerprint density at radius 3 is 2.73 bits per heavy atom. The fourth-order valence-corrected chi connectivity index (χ4v) is 5.26. The van der Waals surface area contributed by atoms with Gasteiger partial charge in [0.15, 0.2) is 5.82 Å². The fraction of sp³-hybridized carbons (Fsp3) is 0.250. The quantitative estimate of drug-likeness (QED) is 0.573. The first-order chi connectivity index (χ1) is 14.4. The molecule has 1 aliphatic heterocycles. The lowest BCUT2D eigenvalue weighted by molar-refractivity contribution is -0.137. The molecule has 6 nitrogen and oxygen atoms in total. The Bertz CT molecular complexity index is 1110. The van der Waals surface area contributed by atoms with Gasteiger partial charge in [-0.2, -0.15) is 0 Å². The molecule has 1 N–H and O–H groups in total. The highest BCUT2D eigenvalue weighted by Crippen LogP contribution is 2.52. The van der Waals surface area contributed by atoms with Gasteiger partial charge in [0.25, 0.3) is 6.43 Å². The van der Waals surface area contributed by atoms with E-state index >= 15 is 0 Å². The number of benzene rings is 2. The van der Waals surface area contributed by atoms with Crippen LogP contribution in [0.5, 0.6) is 5.75 Å². The van der Waals surface area contributed by atoms with Gasteiger partial charge in [0.2, 0.25) is 5.82 Å². The van der Waals surface area contributed by atoms with Crippen LogP contribution >= 0.6 is 23.4 Å². The predicted octanol–water partition coefficient (Wildman–Crippen LogP) is 5.22. The van der Waals surface area contributed by atoms with Crippen LogP contribution in [-0.4, -0.2) is 33.0 Å². The molecule has 3 aromatic rings. The largest absolute Gasteiger partial charge is 0.496 e. The van der Waals surface area contributed by atoms with Crippen LogP contribution in [-0.2, 0) is 4.79 Å². The topological polar surface area (TPSA) is 77.2 Å². The minimum atomic E-state index is -2.88. The zero-order valence-electron chi connectivity index (χ0n) is 15.6. The zero-order valence-corrected chi connectivity index (χ0v) is 17.2. The van der Waals surface area contributed by atoms with E-state index in [1.54, 1.807) is 24.3 Å². The van der Waals surface area contributed by atoms with Crippen molar-refractivity contribution in [2.24, 2.45) is 0 Å². The number of carboxylic acids is 1. The number of fused-ring (bicyclic) bond motifs is 3. The van der Waals surface area contributed by atoms with Gasteiger partial charge in [-0.25, -0.2) is 8.78 Å². The molecular formula is C20H16ClF2N3O3S. The molecule has 4 rings (SSSR count). The molecule has 1 aliphatic rings. The number of hydrogen-bond acceptors (Lipinski definition) is 5. The van der Waals surface area contributed by atoms with Gasteiger partial charge in [-0.15, -0.1) is 22.0 Å². The van der Waals surface area contributed by atoms with Gasteiger partial charge >= 0.3 is 5.97 Å². The molecule has 0 spiro atoms. The first-order valence-electron chi connectivity index (χ1n) is 8.94. The minimum Gasteiger partial charge on any atom is -0.496 e. The number of aliphatic carboxylic acids is 1. The third kappa shape index (κ3) is 3.63. The standard InChI is InChI=1S/C20H16ClF2N3O3S/c1-29-14-5-3-2-4-11(14)17-12-8-10(21)6-7-13(12)26-19(15(30-17)9-16(27)28)24-25-20(26)18(22)23/h2-8,15,17-18H,9H2,1H3,(H,27,28)/t15-,17-/m1/s1. The summed E-state index contributed by atoms with van der Waals surface area (Å²) < 4.78 is 34.2. The molecule has 0 aliphatic carbocycles. The second kappa shape index (κ2) is 8.23. The Kier molecular flexibility index (Phi) is 5.66. The van der Waals surface area contributed by atoms with Crippen LogP contribution in [0, 0.1) is 0 Å². The van der Waals surface area contributed by atoms with Gasteiger partial charge < -0.3 is 9.84 Å². The number of rotatable bonds is 5. The number of alkyl halides is 2. The first-order valence-corrected chi connectivity index (χ1v) is 10.3. The van der Waals surface area contributed by atoms with Crippen molar-refractivity contribution >= 4 is 29.3 Å². The maximum Gasteiger partial charge on any atom is 0.304 e. The van der Waals surface area contributed by atoms with Crippen LogP contribution in [0.1, 0.15) is 46.1 Å². The number of carbonyl (C=O) groups is 1. The van der Waals surface area contributed by atoms with Crippen molar-refractivity contribution < 1.29 is 23.4 Å². The molecule has 0 unspecified atom stereocenters. The molecule has 2 aromatic carbocycles. The van der Waals surface area contributed by atoms with Gasteiger partial charge in [-0.05, 0) is 29.8 Å². The molecular weight excluding hydrogens is 436 g/mol. The molecule has 0 radical (unpaired) electrons. The number of carboxylic acid groups (broad SMARTS) is 1. The van der Waals surface area contributed by atoms with Crippen LogP contribution in [0.25, 0.3) is 5.69 Å². The molecule has 0 saturated heterocycles. The van der Waals surface area contributed by atoms with Crippen molar-refractivity contribution in [2.75, 3.05) is 7.11 Å². The third-order valence-corrected chi connectivity index (χ3v) is 6.51. The predicted molar refractivity (Wildman–Crippen MR) is 109 cm³/mol. The highest BCUT2D eigenvalue weighted by molar-refractivity contribution is 8.00. The number of ether oxygens (including phenoxy) is 1. The van der Waals surface area contributed by atoms with E-state index in [4.69, 9.17) is 16.3 Å². The Balaban J connectivity index is 2.00. The lowest BCUT2D eigenvalue weighted by Gasteiger charge is -2.22. The van der Waals surface area contributed by atoms with E-state index in [0.717, 1.165) is 5.56 Å². The molecule has 156 valence electrons. The summed E-state index contributed by atoms with van der Waals surface area (Å²) in [5, 5.41) is 16.3. The summed E-state index contributed by atoms with van der Waals surface area (Å²) in [6.45, 7) is 0. The Labute approximate surface area is 179 Å². The van der Waals surface area contributed by atoms with E-state index in [0.29, 0.717) is 22.0 Å². The molecule has 1 aromatic heterocycles. The van der Waals surface area contributed by atoms with Crippen molar-refractivity contribution in [3.05, 3.63) is 70.3 Å². The number of aromatic nitrogens is 3. The highest BCUT2D eigenvalue weighted by Gasteiger charge is 2.37. The van der Waals surface area contributed by atoms with Crippen molar-refractivity contribution in [1.82, 2.24) is 14.8 Å². The van der Waals surface area contributed by atoms with E-state index in [2.05, 4.69) is 10.2 Å². The summed E-state index contributed by atoms with van der Waals surface area (Å²) >= 11 is 7.55.